The highest BCUT2D eigenvalue weighted by Crippen LogP contribution is 2.28. The van der Waals surface area contributed by atoms with Gasteiger partial charge in [0.2, 0.25) is 0 Å². The third-order valence-electron chi connectivity index (χ3n) is 4.46. The molecule has 1 atom stereocenters. The molecule has 7 nitrogen and oxygen atoms in total. The van der Waals surface area contributed by atoms with E-state index in [1.165, 1.54) is 12.1 Å². The molecular formula is C21H20N2O5S. The molecule has 8 heteroatoms. The van der Waals surface area contributed by atoms with E-state index in [0.29, 0.717) is 11.3 Å². The van der Waals surface area contributed by atoms with Gasteiger partial charge in [-0.15, -0.1) is 0 Å². The van der Waals surface area contributed by atoms with Crippen LogP contribution < -0.4 is 5.32 Å². The Morgan fingerprint density at radius 2 is 1.62 bits per heavy atom. The van der Waals surface area contributed by atoms with Crippen LogP contribution >= 0.6 is 0 Å². The molecule has 3 rings (SSSR count). The van der Waals surface area contributed by atoms with Crippen LogP contribution in [-0.4, -0.2) is 31.2 Å². The second-order valence-corrected chi connectivity index (χ2v) is 8.58. The van der Waals surface area contributed by atoms with Crippen LogP contribution in [0.4, 0.5) is 11.4 Å². The predicted molar refractivity (Wildman–Crippen MR) is 112 cm³/mol. The van der Waals surface area contributed by atoms with Crippen LogP contribution in [0.5, 0.6) is 0 Å². The predicted octanol–water partition coefficient (Wildman–Crippen LogP) is 3.81. The van der Waals surface area contributed by atoms with Crippen LogP contribution in [0.3, 0.4) is 0 Å². The number of anilines is 1. The summed E-state index contributed by atoms with van der Waals surface area (Å²) >= 11 is 0. The average Bonchev–Trinajstić information content (AvgIpc) is 2.72. The van der Waals surface area contributed by atoms with Crippen molar-refractivity contribution in [1.29, 1.82) is 0 Å². The van der Waals surface area contributed by atoms with E-state index in [9.17, 15) is 23.6 Å². The van der Waals surface area contributed by atoms with Crippen molar-refractivity contribution in [2.24, 2.45) is 0 Å². The SMILES string of the molecule is CS(=O)(=O)c1cc(NCC(O)c2ccc(-c3ccccc3)cc2)ccc1[N+](=O)[O-]. The van der Waals surface area contributed by atoms with Crippen molar-refractivity contribution in [1.82, 2.24) is 0 Å². The Hall–Kier alpha value is -3.23. The van der Waals surface area contributed by atoms with Gasteiger partial charge in [0, 0.05) is 24.6 Å². The third kappa shape index (κ3) is 4.98. The molecule has 0 fully saturated rings. The van der Waals surface area contributed by atoms with Crippen LogP contribution in [0.15, 0.2) is 77.7 Å². The molecular weight excluding hydrogens is 392 g/mol. The maximum absolute atomic E-state index is 11.8. The topological polar surface area (TPSA) is 110 Å². The number of nitrogens with one attached hydrogen (secondary N) is 1. The Morgan fingerprint density at radius 1 is 1.00 bits per heavy atom. The summed E-state index contributed by atoms with van der Waals surface area (Å²) in [5.41, 5.74) is 2.70. The molecule has 0 aliphatic rings. The Labute approximate surface area is 168 Å². The van der Waals surface area contributed by atoms with Crippen LogP contribution in [0, 0.1) is 10.1 Å². The summed E-state index contributed by atoms with van der Waals surface area (Å²) in [5.74, 6) is 0. The molecule has 0 aromatic heterocycles. The molecule has 1 unspecified atom stereocenters. The lowest BCUT2D eigenvalue weighted by Crippen LogP contribution is -2.13. The first-order valence-electron chi connectivity index (χ1n) is 8.81. The minimum absolute atomic E-state index is 0.117. The summed E-state index contributed by atoms with van der Waals surface area (Å²) in [5, 5.41) is 24.4. The minimum Gasteiger partial charge on any atom is -0.387 e. The smallest absolute Gasteiger partial charge is 0.288 e. The van der Waals surface area contributed by atoms with Gasteiger partial charge in [0.25, 0.3) is 5.69 Å². The van der Waals surface area contributed by atoms with Gasteiger partial charge in [-0.05, 0) is 28.8 Å². The molecule has 0 aliphatic heterocycles. The zero-order chi connectivity index (χ0) is 21.0. The molecule has 0 spiro atoms. The monoisotopic (exact) mass is 412 g/mol. The van der Waals surface area contributed by atoms with Crippen molar-refractivity contribution in [3.05, 3.63) is 88.5 Å². The van der Waals surface area contributed by atoms with E-state index in [1.807, 2.05) is 54.6 Å². The van der Waals surface area contributed by atoms with E-state index in [-0.39, 0.29) is 11.4 Å². The van der Waals surface area contributed by atoms with Crippen LogP contribution in [0.1, 0.15) is 11.7 Å². The zero-order valence-electron chi connectivity index (χ0n) is 15.6. The van der Waals surface area contributed by atoms with Crippen LogP contribution in [-0.2, 0) is 9.84 Å². The van der Waals surface area contributed by atoms with E-state index in [2.05, 4.69) is 5.32 Å². The molecule has 29 heavy (non-hydrogen) atoms. The average molecular weight is 412 g/mol. The first-order chi connectivity index (χ1) is 13.8. The number of sulfone groups is 1. The summed E-state index contributed by atoms with van der Waals surface area (Å²) in [6.07, 6.45) is 0.0825. The first-order valence-corrected chi connectivity index (χ1v) is 10.7. The van der Waals surface area contributed by atoms with Crippen molar-refractivity contribution < 1.29 is 18.4 Å². The normalized spacial score (nSPS) is 12.3. The van der Waals surface area contributed by atoms with Gasteiger partial charge in [-0.2, -0.15) is 0 Å². The molecule has 0 bridgehead atoms. The molecule has 3 aromatic carbocycles. The number of nitro groups is 1. The van der Waals surface area contributed by atoms with Crippen molar-refractivity contribution in [3.8, 4) is 11.1 Å². The number of nitro benzene ring substituents is 1. The second-order valence-electron chi connectivity index (χ2n) is 6.60. The first kappa shape index (κ1) is 20.5. The van der Waals surface area contributed by atoms with Crippen molar-refractivity contribution >= 4 is 21.2 Å². The summed E-state index contributed by atoms with van der Waals surface area (Å²) in [4.78, 5) is 9.94. The van der Waals surface area contributed by atoms with E-state index >= 15 is 0 Å². The van der Waals surface area contributed by atoms with E-state index in [1.54, 1.807) is 0 Å². The van der Waals surface area contributed by atoms with Gasteiger partial charge in [-0.3, -0.25) is 10.1 Å². The lowest BCUT2D eigenvalue weighted by Gasteiger charge is -2.14. The summed E-state index contributed by atoms with van der Waals surface area (Å²) in [7, 11) is -3.77. The Kier molecular flexibility index (Phi) is 5.95. The quantitative estimate of drug-likeness (QED) is 0.451. The van der Waals surface area contributed by atoms with Crippen molar-refractivity contribution in [2.45, 2.75) is 11.0 Å². The number of aliphatic hydroxyl groups excluding tert-OH is 1. The highest BCUT2D eigenvalue weighted by atomic mass is 32.2. The van der Waals surface area contributed by atoms with Gasteiger partial charge >= 0.3 is 0 Å². The van der Waals surface area contributed by atoms with Crippen molar-refractivity contribution in [3.63, 3.8) is 0 Å². The highest BCUT2D eigenvalue weighted by Gasteiger charge is 2.22. The van der Waals surface area contributed by atoms with Gasteiger partial charge in [-0.1, -0.05) is 54.6 Å². The molecule has 0 heterocycles. The van der Waals surface area contributed by atoms with Gasteiger partial charge in [-0.25, -0.2) is 8.42 Å². The number of benzene rings is 3. The van der Waals surface area contributed by atoms with Gasteiger partial charge in [0.05, 0.1) is 11.0 Å². The number of rotatable bonds is 7. The zero-order valence-corrected chi connectivity index (χ0v) is 16.5. The molecule has 3 aromatic rings. The van der Waals surface area contributed by atoms with Gasteiger partial charge < -0.3 is 10.4 Å². The van der Waals surface area contributed by atoms with Crippen molar-refractivity contribution in [2.75, 3.05) is 18.1 Å². The summed E-state index contributed by atoms with van der Waals surface area (Å²) < 4.78 is 23.7. The fourth-order valence-electron chi connectivity index (χ4n) is 2.93. The van der Waals surface area contributed by atoms with Gasteiger partial charge in [0.15, 0.2) is 9.84 Å². The maximum Gasteiger partial charge on any atom is 0.288 e. The molecule has 0 saturated carbocycles. The Bertz CT molecular complexity index is 1110. The minimum atomic E-state index is -3.77. The molecule has 0 saturated heterocycles. The number of nitrogens with zero attached hydrogens (tertiary/aromatic N) is 1. The molecule has 0 aliphatic carbocycles. The van der Waals surface area contributed by atoms with E-state index in [0.717, 1.165) is 23.4 Å². The summed E-state index contributed by atoms with van der Waals surface area (Å²) in [6.45, 7) is 0.117. The van der Waals surface area contributed by atoms with Crippen LogP contribution in [0.25, 0.3) is 11.1 Å². The number of hydrogen-bond donors (Lipinski definition) is 2. The summed E-state index contributed by atoms with van der Waals surface area (Å²) in [6, 6.07) is 21.1. The number of hydrogen-bond acceptors (Lipinski definition) is 6. The maximum atomic E-state index is 11.8. The number of aliphatic hydroxyl groups is 1. The van der Waals surface area contributed by atoms with E-state index < -0.39 is 26.6 Å². The van der Waals surface area contributed by atoms with Gasteiger partial charge in [0.1, 0.15) is 4.90 Å². The Morgan fingerprint density at radius 3 is 2.21 bits per heavy atom. The third-order valence-corrected chi connectivity index (χ3v) is 5.58. The lowest BCUT2D eigenvalue weighted by atomic mass is 10.0. The largest absolute Gasteiger partial charge is 0.387 e. The molecule has 0 amide bonds. The standard InChI is InChI=1S/C21H20N2O5S/c1-29(27,28)21-13-18(11-12-19(21)23(25)26)22-14-20(24)17-9-7-16(8-10-17)15-5-3-2-4-6-15/h2-13,20,22,24H,14H2,1H3. The molecule has 150 valence electrons. The lowest BCUT2D eigenvalue weighted by molar-refractivity contribution is -0.387. The Balaban J connectivity index is 1.72. The van der Waals surface area contributed by atoms with E-state index in [4.69, 9.17) is 0 Å². The molecule has 0 radical (unpaired) electrons. The second kappa shape index (κ2) is 8.42. The van der Waals surface area contributed by atoms with Crippen LogP contribution in [0.2, 0.25) is 0 Å². The fourth-order valence-corrected chi connectivity index (χ4v) is 3.80. The molecule has 2 N–H and O–H groups in total. The highest BCUT2D eigenvalue weighted by molar-refractivity contribution is 7.90. The fraction of sp³-hybridized carbons (Fsp3) is 0.143.